The van der Waals surface area contributed by atoms with E-state index in [1.807, 2.05) is 30.3 Å². The third-order valence-corrected chi connectivity index (χ3v) is 4.62. The van der Waals surface area contributed by atoms with Crippen LogP contribution in [0.4, 0.5) is 0 Å². The molecule has 0 saturated carbocycles. The minimum atomic E-state index is -3.11. The van der Waals surface area contributed by atoms with Crippen molar-refractivity contribution in [3.63, 3.8) is 0 Å². The van der Waals surface area contributed by atoms with E-state index in [2.05, 4.69) is 4.99 Å². The van der Waals surface area contributed by atoms with E-state index in [4.69, 9.17) is 9.05 Å². The van der Waals surface area contributed by atoms with Gasteiger partial charge < -0.3 is 9.05 Å². The first-order valence-electron chi connectivity index (χ1n) is 5.73. The van der Waals surface area contributed by atoms with Crippen LogP contribution in [0.2, 0.25) is 0 Å². The lowest BCUT2D eigenvalue weighted by atomic mass is 10.2. The van der Waals surface area contributed by atoms with Gasteiger partial charge in [-0.2, -0.15) is 0 Å². The highest BCUT2D eigenvalue weighted by molar-refractivity contribution is 7.56. The van der Waals surface area contributed by atoms with Crippen LogP contribution in [0, 0.1) is 0 Å². The van der Waals surface area contributed by atoms with Crippen LogP contribution in [0.5, 0.6) is 0 Å². The largest absolute Gasteiger partial charge is 0.361 e. The number of benzene rings is 1. The van der Waals surface area contributed by atoms with Gasteiger partial charge in [0.1, 0.15) is 0 Å². The topological polar surface area (TPSA) is 47.9 Å². The van der Waals surface area contributed by atoms with Gasteiger partial charge in [0.2, 0.25) is 0 Å². The van der Waals surface area contributed by atoms with Crippen molar-refractivity contribution in [2.24, 2.45) is 4.99 Å². The SMILES string of the molecule is CCOP(=O)(OCC)C1N=C1c1ccccc1. The second kappa shape index (κ2) is 5.13. The van der Waals surface area contributed by atoms with Crippen LogP contribution in [0.15, 0.2) is 35.3 Å². The highest BCUT2D eigenvalue weighted by Crippen LogP contribution is 2.59. The van der Waals surface area contributed by atoms with Crippen LogP contribution in [-0.2, 0) is 13.6 Å². The van der Waals surface area contributed by atoms with Gasteiger partial charge in [-0.25, -0.2) is 0 Å². The molecule has 0 amide bonds. The summed E-state index contributed by atoms with van der Waals surface area (Å²) >= 11 is 0. The van der Waals surface area contributed by atoms with Gasteiger partial charge in [-0.1, -0.05) is 30.3 Å². The molecule has 2 rings (SSSR count). The van der Waals surface area contributed by atoms with E-state index in [0.717, 1.165) is 11.3 Å². The third kappa shape index (κ3) is 2.65. The summed E-state index contributed by atoms with van der Waals surface area (Å²) in [5.41, 5.74) is 1.80. The molecular formula is C12H16NO3P. The Labute approximate surface area is 101 Å². The van der Waals surface area contributed by atoms with E-state index in [0.29, 0.717) is 13.2 Å². The van der Waals surface area contributed by atoms with Crippen LogP contribution < -0.4 is 0 Å². The van der Waals surface area contributed by atoms with Gasteiger partial charge in [-0.05, 0) is 19.4 Å². The summed E-state index contributed by atoms with van der Waals surface area (Å²) < 4.78 is 22.9. The molecule has 4 nitrogen and oxygen atoms in total. The average molecular weight is 253 g/mol. The summed E-state index contributed by atoms with van der Waals surface area (Å²) in [5.74, 6) is -0.412. The fraction of sp³-hybridized carbons (Fsp3) is 0.417. The van der Waals surface area contributed by atoms with Crippen LogP contribution in [0.1, 0.15) is 19.4 Å². The zero-order chi connectivity index (χ0) is 12.3. The maximum atomic E-state index is 12.4. The van der Waals surface area contributed by atoms with Crippen LogP contribution in [-0.4, -0.2) is 24.7 Å². The molecule has 1 unspecified atom stereocenters. The highest BCUT2D eigenvalue weighted by Gasteiger charge is 2.47. The predicted molar refractivity (Wildman–Crippen MR) is 67.6 cm³/mol. The molecule has 0 N–H and O–H groups in total. The molecule has 5 heteroatoms. The van der Waals surface area contributed by atoms with Gasteiger partial charge in [0.25, 0.3) is 0 Å². The molecule has 0 bridgehead atoms. The normalized spacial score (nSPS) is 18.9. The first kappa shape index (κ1) is 12.5. The molecule has 1 aromatic carbocycles. The third-order valence-electron chi connectivity index (χ3n) is 2.43. The fourth-order valence-electron chi connectivity index (χ4n) is 1.69. The number of rotatable bonds is 6. The van der Waals surface area contributed by atoms with Gasteiger partial charge in [0, 0.05) is 0 Å². The Bertz CT molecular complexity index is 448. The zero-order valence-electron chi connectivity index (χ0n) is 10.00. The Morgan fingerprint density at radius 2 is 1.76 bits per heavy atom. The van der Waals surface area contributed by atoms with E-state index < -0.39 is 13.4 Å². The van der Waals surface area contributed by atoms with Crippen molar-refractivity contribution in [3.8, 4) is 0 Å². The first-order valence-corrected chi connectivity index (χ1v) is 7.34. The molecule has 92 valence electrons. The second-order valence-corrected chi connectivity index (χ2v) is 5.71. The van der Waals surface area contributed by atoms with Crippen molar-refractivity contribution in [1.82, 2.24) is 0 Å². The Balaban J connectivity index is 2.09. The minimum absolute atomic E-state index is 0.366. The summed E-state index contributed by atoms with van der Waals surface area (Å²) in [5, 5.41) is 0. The molecule has 0 fully saturated rings. The molecular weight excluding hydrogens is 237 g/mol. The first-order chi connectivity index (χ1) is 8.21. The highest BCUT2D eigenvalue weighted by atomic mass is 31.2. The standard InChI is InChI=1S/C12H16NO3P/c1-3-15-17(14,16-4-2)12-11(13-12)10-8-6-5-7-9-10/h5-9,12H,3-4H2,1-2H3. The van der Waals surface area contributed by atoms with E-state index in [9.17, 15) is 4.57 Å². The average Bonchev–Trinajstić information content (AvgIpc) is 3.11. The molecule has 0 saturated heterocycles. The van der Waals surface area contributed by atoms with Crippen LogP contribution in [0.25, 0.3) is 0 Å². The number of hydrogen-bond donors (Lipinski definition) is 0. The maximum Gasteiger partial charge on any atom is 0.361 e. The molecule has 17 heavy (non-hydrogen) atoms. The van der Waals surface area contributed by atoms with Gasteiger partial charge in [-0.15, -0.1) is 0 Å². The summed E-state index contributed by atoms with van der Waals surface area (Å²) in [7, 11) is -3.11. The van der Waals surface area contributed by atoms with Gasteiger partial charge >= 0.3 is 7.60 Å². The Morgan fingerprint density at radius 3 is 2.29 bits per heavy atom. The lowest BCUT2D eigenvalue weighted by Gasteiger charge is -2.15. The second-order valence-electron chi connectivity index (χ2n) is 3.63. The zero-order valence-corrected chi connectivity index (χ0v) is 10.9. The minimum Gasteiger partial charge on any atom is -0.307 e. The molecule has 1 atom stereocenters. The van der Waals surface area contributed by atoms with Gasteiger partial charge in [-0.3, -0.25) is 9.56 Å². The van der Waals surface area contributed by atoms with Crippen molar-refractivity contribution in [2.75, 3.05) is 13.2 Å². The van der Waals surface area contributed by atoms with Crippen molar-refractivity contribution < 1.29 is 13.6 Å². The molecule has 1 aromatic rings. The molecule has 1 aliphatic rings. The lowest BCUT2D eigenvalue weighted by Crippen LogP contribution is -2.07. The molecule has 0 radical (unpaired) electrons. The van der Waals surface area contributed by atoms with Crippen LogP contribution in [0.3, 0.4) is 0 Å². The smallest absolute Gasteiger partial charge is 0.307 e. The summed E-state index contributed by atoms with van der Waals surface area (Å²) in [4.78, 5) is 4.24. The molecule has 1 heterocycles. The molecule has 1 aliphatic heterocycles. The van der Waals surface area contributed by atoms with Crippen molar-refractivity contribution >= 4 is 13.3 Å². The Hall–Kier alpha value is -0.960. The van der Waals surface area contributed by atoms with E-state index >= 15 is 0 Å². The number of hydrogen-bond acceptors (Lipinski definition) is 4. The monoisotopic (exact) mass is 253 g/mol. The Kier molecular flexibility index (Phi) is 3.77. The summed E-state index contributed by atoms with van der Waals surface area (Å²) in [6.45, 7) is 4.34. The van der Waals surface area contributed by atoms with E-state index in [1.54, 1.807) is 13.8 Å². The summed E-state index contributed by atoms with van der Waals surface area (Å²) in [6.07, 6.45) is 0. The predicted octanol–water partition coefficient (Wildman–Crippen LogP) is 3.08. The van der Waals surface area contributed by atoms with Crippen LogP contribution >= 0.6 is 7.60 Å². The molecule has 0 spiro atoms. The van der Waals surface area contributed by atoms with Crippen molar-refractivity contribution in [2.45, 2.75) is 19.6 Å². The van der Waals surface area contributed by atoms with Gasteiger partial charge in [0.15, 0.2) is 5.78 Å². The maximum absolute atomic E-state index is 12.4. The Morgan fingerprint density at radius 1 is 1.18 bits per heavy atom. The number of nitrogens with zero attached hydrogens (tertiary/aromatic N) is 1. The lowest BCUT2D eigenvalue weighted by molar-refractivity contribution is 0.219. The van der Waals surface area contributed by atoms with E-state index in [1.165, 1.54) is 0 Å². The van der Waals surface area contributed by atoms with E-state index in [-0.39, 0.29) is 0 Å². The molecule has 0 aliphatic carbocycles. The quantitative estimate of drug-likeness (QED) is 0.732. The van der Waals surface area contributed by atoms with Crippen molar-refractivity contribution in [3.05, 3.63) is 35.9 Å². The summed E-state index contributed by atoms with van der Waals surface area (Å²) in [6, 6.07) is 9.69. The fourth-order valence-corrected chi connectivity index (χ4v) is 3.48. The number of aliphatic imine (C=N–C) groups is 1. The molecule has 0 aromatic heterocycles. The van der Waals surface area contributed by atoms with Gasteiger partial charge in [0.05, 0.1) is 18.9 Å². The van der Waals surface area contributed by atoms with Crippen molar-refractivity contribution in [1.29, 1.82) is 0 Å².